The zero-order valence-electron chi connectivity index (χ0n) is 7.57. The molecule has 1 aliphatic carbocycles. The quantitative estimate of drug-likeness (QED) is 0.587. The highest BCUT2D eigenvalue weighted by atomic mass is 16.5. The van der Waals surface area contributed by atoms with Gasteiger partial charge in [-0.2, -0.15) is 0 Å². The van der Waals surface area contributed by atoms with Crippen molar-refractivity contribution in [3.05, 3.63) is 0 Å². The van der Waals surface area contributed by atoms with Gasteiger partial charge in [0, 0.05) is 18.8 Å². The van der Waals surface area contributed by atoms with Crippen molar-refractivity contribution in [2.24, 2.45) is 5.41 Å². The minimum absolute atomic E-state index is 0.580. The van der Waals surface area contributed by atoms with Crippen molar-refractivity contribution in [3.63, 3.8) is 0 Å². The van der Waals surface area contributed by atoms with Crippen LogP contribution in [0.5, 0.6) is 0 Å². The first-order chi connectivity index (χ1) is 5.87. The molecule has 0 aromatic heterocycles. The van der Waals surface area contributed by atoms with E-state index in [1.165, 1.54) is 38.6 Å². The molecule has 2 heteroatoms. The van der Waals surface area contributed by atoms with Crippen molar-refractivity contribution in [1.29, 1.82) is 0 Å². The Hall–Kier alpha value is -0.0800. The van der Waals surface area contributed by atoms with Crippen LogP contribution in [-0.2, 0) is 4.74 Å². The van der Waals surface area contributed by atoms with E-state index in [-0.39, 0.29) is 0 Å². The molecule has 2 saturated heterocycles. The zero-order valence-corrected chi connectivity index (χ0v) is 7.57. The molecule has 0 aromatic rings. The Bertz CT molecular complexity index is 192. The topological polar surface area (TPSA) is 21.3 Å². The Balaban J connectivity index is 1.87. The van der Waals surface area contributed by atoms with E-state index in [0.29, 0.717) is 11.0 Å². The van der Waals surface area contributed by atoms with Gasteiger partial charge in [0.1, 0.15) is 0 Å². The third kappa shape index (κ3) is 0.775. The molecule has 0 radical (unpaired) electrons. The number of fused-ring (bicyclic) bond motifs is 1. The summed E-state index contributed by atoms with van der Waals surface area (Å²) in [6.45, 7) is 3.26. The normalized spacial score (nSPS) is 36.0. The van der Waals surface area contributed by atoms with Gasteiger partial charge in [0.05, 0.1) is 0 Å². The van der Waals surface area contributed by atoms with Gasteiger partial charge in [0.2, 0.25) is 0 Å². The van der Waals surface area contributed by atoms with Crippen LogP contribution in [0.1, 0.15) is 32.1 Å². The third-order valence-electron chi connectivity index (χ3n) is 4.28. The fourth-order valence-corrected chi connectivity index (χ4v) is 3.29. The monoisotopic (exact) mass is 167 g/mol. The minimum atomic E-state index is 0.580. The van der Waals surface area contributed by atoms with E-state index in [0.717, 1.165) is 13.2 Å². The molecule has 1 N–H and O–H groups in total. The Morgan fingerprint density at radius 1 is 0.917 bits per heavy atom. The summed E-state index contributed by atoms with van der Waals surface area (Å²) in [7, 11) is 0. The second kappa shape index (κ2) is 2.24. The van der Waals surface area contributed by atoms with Gasteiger partial charge in [-0.05, 0) is 44.1 Å². The molecule has 2 nitrogen and oxygen atoms in total. The van der Waals surface area contributed by atoms with Crippen LogP contribution in [0, 0.1) is 5.41 Å². The highest BCUT2D eigenvalue weighted by molar-refractivity contribution is 5.18. The highest BCUT2D eigenvalue weighted by Gasteiger charge is 2.61. The summed E-state index contributed by atoms with van der Waals surface area (Å²) in [4.78, 5) is 0. The van der Waals surface area contributed by atoms with Crippen molar-refractivity contribution in [1.82, 2.24) is 5.32 Å². The van der Waals surface area contributed by atoms with Crippen LogP contribution in [-0.4, -0.2) is 25.3 Å². The lowest BCUT2D eigenvalue weighted by Gasteiger charge is -2.38. The van der Waals surface area contributed by atoms with Gasteiger partial charge in [0.25, 0.3) is 0 Å². The standard InChI is InChI=1S/C10H17NO/c1-2-10(1)9(3-6-11-10)4-7-12-8-5-9/h11H,1-8H2. The van der Waals surface area contributed by atoms with Crippen molar-refractivity contribution in [2.45, 2.75) is 37.6 Å². The maximum atomic E-state index is 5.45. The third-order valence-corrected chi connectivity index (χ3v) is 4.28. The largest absolute Gasteiger partial charge is 0.381 e. The molecule has 0 aromatic carbocycles. The molecule has 2 heterocycles. The average Bonchev–Trinajstić information content (AvgIpc) is 2.80. The van der Waals surface area contributed by atoms with Gasteiger partial charge in [-0.25, -0.2) is 0 Å². The SMILES string of the molecule is C1CC2(CCOCC2)C2(CC2)N1. The van der Waals surface area contributed by atoms with E-state index in [1.54, 1.807) is 0 Å². The first-order valence-corrected chi connectivity index (χ1v) is 5.20. The number of nitrogens with one attached hydrogen (secondary N) is 1. The lowest BCUT2D eigenvalue weighted by Crippen LogP contribution is -2.42. The van der Waals surface area contributed by atoms with Crippen molar-refractivity contribution in [2.75, 3.05) is 19.8 Å². The minimum Gasteiger partial charge on any atom is -0.381 e. The second-order valence-corrected chi connectivity index (χ2v) is 4.65. The summed E-state index contributed by atoms with van der Waals surface area (Å²) in [6, 6.07) is 0. The van der Waals surface area contributed by atoms with Crippen LogP contribution in [0.4, 0.5) is 0 Å². The summed E-state index contributed by atoms with van der Waals surface area (Å²) >= 11 is 0. The van der Waals surface area contributed by atoms with Crippen molar-refractivity contribution in [3.8, 4) is 0 Å². The molecular weight excluding hydrogens is 150 g/mol. The maximum absolute atomic E-state index is 5.45. The Labute approximate surface area is 73.7 Å². The lowest BCUT2D eigenvalue weighted by molar-refractivity contribution is 0.00297. The Morgan fingerprint density at radius 2 is 1.67 bits per heavy atom. The van der Waals surface area contributed by atoms with Gasteiger partial charge < -0.3 is 10.1 Å². The predicted octanol–water partition coefficient (Wildman–Crippen LogP) is 1.31. The summed E-state index contributed by atoms with van der Waals surface area (Å²) < 4.78 is 5.45. The zero-order chi connectivity index (χ0) is 8.07. The van der Waals surface area contributed by atoms with E-state index in [9.17, 15) is 0 Å². The van der Waals surface area contributed by atoms with Crippen LogP contribution in [0.25, 0.3) is 0 Å². The molecule has 3 rings (SSSR count). The van der Waals surface area contributed by atoms with Gasteiger partial charge >= 0.3 is 0 Å². The van der Waals surface area contributed by atoms with E-state index >= 15 is 0 Å². The van der Waals surface area contributed by atoms with E-state index in [2.05, 4.69) is 5.32 Å². The van der Waals surface area contributed by atoms with Crippen LogP contribution >= 0.6 is 0 Å². The van der Waals surface area contributed by atoms with E-state index < -0.39 is 0 Å². The first kappa shape index (κ1) is 7.34. The number of rotatable bonds is 0. The maximum Gasteiger partial charge on any atom is 0.0472 e. The highest BCUT2D eigenvalue weighted by Crippen LogP contribution is 2.59. The molecule has 0 unspecified atom stereocenters. The van der Waals surface area contributed by atoms with Gasteiger partial charge in [-0.15, -0.1) is 0 Å². The molecule has 12 heavy (non-hydrogen) atoms. The van der Waals surface area contributed by atoms with Crippen LogP contribution in [0.2, 0.25) is 0 Å². The van der Waals surface area contributed by atoms with Gasteiger partial charge in [-0.3, -0.25) is 0 Å². The van der Waals surface area contributed by atoms with Crippen molar-refractivity contribution < 1.29 is 4.74 Å². The summed E-state index contributed by atoms with van der Waals surface area (Å²) in [6.07, 6.45) is 6.86. The van der Waals surface area contributed by atoms with Crippen LogP contribution in [0.15, 0.2) is 0 Å². The van der Waals surface area contributed by atoms with Crippen molar-refractivity contribution >= 4 is 0 Å². The van der Waals surface area contributed by atoms with E-state index in [1.807, 2.05) is 0 Å². The number of hydrogen-bond acceptors (Lipinski definition) is 2. The summed E-state index contributed by atoms with van der Waals surface area (Å²) in [5, 5.41) is 3.71. The predicted molar refractivity (Wildman–Crippen MR) is 47.1 cm³/mol. The summed E-state index contributed by atoms with van der Waals surface area (Å²) in [5.41, 5.74) is 1.22. The molecule has 68 valence electrons. The van der Waals surface area contributed by atoms with Gasteiger partial charge in [-0.1, -0.05) is 0 Å². The Morgan fingerprint density at radius 3 is 2.33 bits per heavy atom. The average molecular weight is 167 g/mol. The van der Waals surface area contributed by atoms with E-state index in [4.69, 9.17) is 4.74 Å². The molecule has 0 bridgehead atoms. The summed E-state index contributed by atoms with van der Waals surface area (Å²) in [5.74, 6) is 0. The number of hydrogen-bond donors (Lipinski definition) is 1. The molecule has 0 atom stereocenters. The number of ether oxygens (including phenoxy) is 1. The smallest absolute Gasteiger partial charge is 0.0472 e. The molecule has 2 aliphatic heterocycles. The molecule has 2 spiro atoms. The fourth-order valence-electron chi connectivity index (χ4n) is 3.29. The second-order valence-electron chi connectivity index (χ2n) is 4.65. The first-order valence-electron chi connectivity index (χ1n) is 5.20. The van der Waals surface area contributed by atoms with Gasteiger partial charge in [0.15, 0.2) is 0 Å². The van der Waals surface area contributed by atoms with Crippen LogP contribution in [0.3, 0.4) is 0 Å². The molecule has 0 amide bonds. The molecule has 1 saturated carbocycles. The lowest BCUT2D eigenvalue weighted by atomic mass is 9.72. The Kier molecular flexibility index (Phi) is 1.37. The fraction of sp³-hybridized carbons (Fsp3) is 1.00. The molecular formula is C10H17NO. The molecule has 3 fully saturated rings. The molecule has 3 aliphatic rings. The van der Waals surface area contributed by atoms with Crippen LogP contribution < -0.4 is 5.32 Å².